The van der Waals surface area contributed by atoms with Crippen molar-refractivity contribution in [3.8, 4) is 0 Å². The van der Waals surface area contributed by atoms with Crippen LogP contribution >= 0.6 is 0 Å². The zero-order valence-corrected chi connectivity index (χ0v) is 25.3. The standard InChI is InChI=1S/C33H38N4O4Si/c1-23-31(42(2,3)40)30(18-19-36-21-28(34-35-36)26(22-38)25-14-8-5-9-15-25)41-33(23)27-16-10-11-17-29(27)37(32(33)39)20-24-12-6-4-7-13-24/h4-17,21,23,26,30-31,38,40H,18-20,22H2,1-3H3/t23-,26?,30+,31-,33+/m0/s1. The number of fused-ring (bicyclic) bond motifs is 2. The Morgan fingerprint density at radius 1 is 1.00 bits per heavy atom. The largest absolute Gasteiger partial charge is 0.432 e. The zero-order chi connectivity index (χ0) is 29.5. The predicted octanol–water partition coefficient (Wildman–Crippen LogP) is 4.84. The van der Waals surface area contributed by atoms with Gasteiger partial charge >= 0.3 is 0 Å². The van der Waals surface area contributed by atoms with Gasteiger partial charge in [-0.15, -0.1) is 5.10 Å². The van der Waals surface area contributed by atoms with Gasteiger partial charge in [0.25, 0.3) is 5.91 Å². The number of rotatable bonds is 9. The van der Waals surface area contributed by atoms with Crippen LogP contribution in [0.1, 0.15) is 41.6 Å². The fourth-order valence-corrected chi connectivity index (χ4v) is 9.72. The summed E-state index contributed by atoms with van der Waals surface area (Å²) in [5.74, 6) is -0.542. The predicted molar refractivity (Wildman–Crippen MR) is 163 cm³/mol. The van der Waals surface area contributed by atoms with Gasteiger partial charge in [0.15, 0.2) is 13.9 Å². The highest BCUT2D eigenvalue weighted by Gasteiger charge is 2.66. The molecule has 42 heavy (non-hydrogen) atoms. The highest BCUT2D eigenvalue weighted by molar-refractivity contribution is 6.71. The van der Waals surface area contributed by atoms with Crippen LogP contribution in [0, 0.1) is 5.92 Å². The van der Waals surface area contributed by atoms with Gasteiger partial charge in [-0.25, -0.2) is 0 Å². The highest BCUT2D eigenvalue weighted by atomic mass is 28.4. The average Bonchev–Trinajstić information content (AvgIpc) is 3.64. The normalized spacial score (nSPS) is 24.4. The molecule has 1 saturated heterocycles. The molecule has 1 spiro atoms. The van der Waals surface area contributed by atoms with Gasteiger partial charge in [-0.3, -0.25) is 9.48 Å². The number of amides is 1. The van der Waals surface area contributed by atoms with Gasteiger partial charge in [0.2, 0.25) is 0 Å². The summed E-state index contributed by atoms with van der Waals surface area (Å²) < 4.78 is 8.69. The monoisotopic (exact) mass is 582 g/mol. The number of nitrogens with zero attached hydrogens (tertiary/aromatic N) is 4. The molecule has 4 aromatic rings. The molecule has 1 unspecified atom stereocenters. The number of aromatic nitrogens is 3. The molecule has 0 radical (unpaired) electrons. The Balaban J connectivity index is 1.28. The van der Waals surface area contributed by atoms with Crippen LogP contribution in [-0.2, 0) is 28.2 Å². The molecule has 3 aromatic carbocycles. The molecular formula is C33H38N4O4Si. The van der Waals surface area contributed by atoms with Crippen molar-refractivity contribution in [3.63, 3.8) is 0 Å². The SMILES string of the molecule is C[C@H]1[C@H]([Si](C)(C)O)[C@@H](CCn2cc(C(CO)c3ccccc3)nn2)O[C@]12C(=O)N(Cc1ccccc1)c1ccccc12. The van der Waals surface area contributed by atoms with E-state index >= 15 is 0 Å². The summed E-state index contributed by atoms with van der Waals surface area (Å²) in [4.78, 5) is 27.8. The Bertz CT molecular complexity index is 1540. The molecule has 9 heteroatoms. The maximum Gasteiger partial charge on any atom is 0.264 e. The minimum absolute atomic E-state index is 0.0671. The Hall–Kier alpha value is -3.63. The molecule has 0 bridgehead atoms. The topological polar surface area (TPSA) is 101 Å². The lowest BCUT2D eigenvalue weighted by Crippen LogP contribution is -2.46. The molecule has 1 amide bonds. The van der Waals surface area contributed by atoms with E-state index in [1.807, 2.05) is 109 Å². The quantitative estimate of drug-likeness (QED) is 0.274. The first-order valence-electron chi connectivity index (χ1n) is 14.7. The molecule has 8 nitrogen and oxygen atoms in total. The number of aliphatic hydroxyl groups is 1. The second kappa shape index (κ2) is 11.2. The average molecular weight is 583 g/mol. The lowest BCUT2D eigenvalue weighted by Gasteiger charge is -2.32. The van der Waals surface area contributed by atoms with Gasteiger partial charge in [0, 0.05) is 29.8 Å². The Morgan fingerprint density at radius 3 is 2.36 bits per heavy atom. The van der Waals surface area contributed by atoms with Gasteiger partial charge < -0.3 is 19.5 Å². The Labute approximate surface area is 247 Å². The minimum Gasteiger partial charge on any atom is -0.432 e. The van der Waals surface area contributed by atoms with Crippen LogP contribution in [0.15, 0.2) is 91.1 Å². The van der Waals surface area contributed by atoms with Crippen LogP contribution in [0.3, 0.4) is 0 Å². The van der Waals surface area contributed by atoms with Gasteiger partial charge in [0.05, 0.1) is 36.6 Å². The molecule has 218 valence electrons. The number of aryl methyl sites for hydroxylation is 1. The summed E-state index contributed by atoms with van der Waals surface area (Å²) in [6.45, 7) is 6.85. The van der Waals surface area contributed by atoms with E-state index in [2.05, 4.69) is 17.2 Å². The first-order chi connectivity index (χ1) is 20.2. The lowest BCUT2D eigenvalue weighted by atomic mass is 9.82. The van der Waals surface area contributed by atoms with E-state index in [4.69, 9.17) is 4.74 Å². The molecular weight excluding hydrogens is 544 g/mol. The number of anilines is 1. The van der Waals surface area contributed by atoms with Crippen LogP contribution < -0.4 is 4.90 Å². The van der Waals surface area contributed by atoms with Crippen molar-refractivity contribution in [2.24, 2.45) is 5.92 Å². The number of hydrogen-bond acceptors (Lipinski definition) is 6. The first kappa shape index (κ1) is 28.5. The first-order valence-corrected chi connectivity index (χ1v) is 17.7. The Kier molecular flexibility index (Phi) is 7.61. The number of carbonyl (C=O) groups excluding carboxylic acids is 1. The highest BCUT2D eigenvalue weighted by Crippen LogP contribution is 2.59. The summed E-state index contributed by atoms with van der Waals surface area (Å²) in [6, 6.07) is 27.7. The summed E-state index contributed by atoms with van der Waals surface area (Å²) in [6.07, 6.45) is 2.10. The van der Waals surface area contributed by atoms with Crippen molar-refractivity contribution < 1.29 is 19.4 Å². The molecule has 1 fully saturated rings. The van der Waals surface area contributed by atoms with Gasteiger partial charge in [-0.2, -0.15) is 0 Å². The van der Waals surface area contributed by atoms with E-state index in [0.29, 0.717) is 25.2 Å². The summed E-state index contributed by atoms with van der Waals surface area (Å²) in [7, 11) is -2.77. The van der Waals surface area contributed by atoms with Crippen molar-refractivity contribution in [2.45, 2.75) is 62.7 Å². The zero-order valence-electron chi connectivity index (χ0n) is 24.3. The van der Waals surface area contributed by atoms with Crippen molar-refractivity contribution in [2.75, 3.05) is 11.5 Å². The van der Waals surface area contributed by atoms with E-state index < -0.39 is 13.9 Å². The third-order valence-electron chi connectivity index (χ3n) is 9.02. The number of hydrogen-bond donors (Lipinski definition) is 2. The van der Waals surface area contributed by atoms with Crippen molar-refractivity contribution in [1.82, 2.24) is 15.0 Å². The van der Waals surface area contributed by atoms with Gasteiger partial charge in [-0.1, -0.05) is 91.0 Å². The molecule has 0 aliphatic carbocycles. The maximum atomic E-state index is 14.4. The third-order valence-corrected chi connectivity index (χ3v) is 11.5. The fraction of sp³-hybridized carbons (Fsp3) is 0.364. The Morgan fingerprint density at radius 2 is 1.67 bits per heavy atom. The summed E-state index contributed by atoms with van der Waals surface area (Å²) in [5.41, 5.74) is 3.15. The lowest BCUT2D eigenvalue weighted by molar-refractivity contribution is -0.146. The number of para-hydroxylation sites is 1. The molecule has 0 saturated carbocycles. The molecule has 2 aliphatic heterocycles. The fourth-order valence-electron chi connectivity index (χ4n) is 7.12. The molecule has 5 atom stereocenters. The smallest absolute Gasteiger partial charge is 0.264 e. The second-order valence-corrected chi connectivity index (χ2v) is 16.1. The summed E-state index contributed by atoms with van der Waals surface area (Å²) in [5, 5.41) is 18.8. The molecule has 2 aliphatic rings. The molecule has 3 heterocycles. The maximum absolute atomic E-state index is 14.4. The van der Waals surface area contributed by atoms with E-state index in [9.17, 15) is 14.7 Å². The van der Waals surface area contributed by atoms with Crippen molar-refractivity contribution >= 4 is 19.9 Å². The number of carbonyl (C=O) groups is 1. The molecule has 1 aromatic heterocycles. The van der Waals surface area contributed by atoms with Crippen LogP contribution in [0.4, 0.5) is 5.69 Å². The van der Waals surface area contributed by atoms with Crippen LogP contribution in [0.25, 0.3) is 0 Å². The van der Waals surface area contributed by atoms with Crippen LogP contribution in [-0.4, -0.2) is 51.8 Å². The van der Waals surface area contributed by atoms with E-state index in [0.717, 1.165) is 22.4 Å². The second-order valence-electron chi connectivity index (χ2n) is 12.1. The number of benzene rings is 3. The van der Waals surface area contributed by atoms with Crippen LogP contribution in [0.5, 0.6) is 0 Å². The summed E-state index contributed by atoms with van der Waals surface area (Å²) >= 11 is 0. The third kappa shape index (κ3) is 4.90. The van der Waals surface area contributed by atoms with E-state index in [-0.39, 0.29) is 36.0 Å². The van der Waals surface area contributed by atoms with E-state index in [1.165, 1.54) is 0 Å². The van der Waals surface area contributed by atoms with Crippen molar-refractivity contribution in [3.05, 3.63) is 114 Å². The van der Waals surface area contributed by atoms with Crippen molar-refractivity contribution in [1.29, 1.82) is 0 Å². The van der Waals surface area contributed by atoms with Crippen LogP contribution in [0.2, 0.25) is 18.6 Å². The molecule has 2 N–H and O–H groups in total. The van der Waals surface area contributed by atoms with E-state index in [1.54, 1.807) is 4.68 Å². The van der Waals surface area contributed by atoms with Gasteiger partial charge in [-0.05, 0) is 36.7 Å². The minimum atomic E-state index is -2.77. The molecule has 6 rings (SSSR count). The number of aliphatic hydroxyl groups excluding tert-OH is 1. The van der Waals surface area contributed by atoms with Gasteiger partial charge in [0.1, 0.15) is 0 Å². The number of ether oxygens (including phenoxy) is 1.